The highest BCUT2D eigenvalue weighted by molar-refractivity contribution is 7.98. The Morgan fingerprint density at radius 1 is 1.18 bits per heavy atom. The van der Waals surface area contributed by atoms with E-state index in [2.05, 4.69) is 22.5 Å². The molecule has 1 spiro atoms. The van der Waals surface area contributed by atoms with Gasteiger partial charge in [-0.15, -0.1) is 11.8 Å². The molecule has 3 amide bonds. The number of carbonyl (C=O) groups excluding carboxylic acids is 3. The number of carbonyl (C=O) groups is 3. The summed E-state index contributed by atoms with van der Waals surface area (Å²) in [5.74, 6) is -1.97. The fraction of sp³-hybridized carbons (Fsp3) is 0.633. The Hall–Kier alpha value is -2.36. The number of likely N-dealkylation sites (N-methyl/N-ethyl adjacent to an activating group) is 1. The van der Waals surface area contributed by atoms with Crippen LogP contribution in [0.15, 0.2) is 41.3 Å². The Morgan fingerprint density at radius 3 is 2.72 bits per heavy atom. The van der Waals surface area contributed by atoms with E-state index in [0.29, 0.717) is 18.8 Å². The van der Waals surface area contributed by atoms with Crippen molar-refractivity contribution in [3.63, 3.8) is 0 Å². The molecule has 2 N–H and O–H groups in total. The van der Waals surface area contributed by atoms with Gasteiger partial charge in [0.1, 0.15) is 11.6 Å². The van der Waals surface area contributed by atoms with Crippen LogP contribution in [0.5, 0.6) is 0 Å². The molecule has 2 saturated heterocycles. The number of likely N-dealkylation sites (tertiary alicyclic amines) is 1. The molecule has 0 aromatic heterocycles. The molecule has 0 radical (unpaired) electrons. The third-order valence-corrected chi connectivity index (χ3v) is 9.56. The fourth-order valence-corrected chi connectivity index (χ4v) is 7.24. The van der Waals surface area contributed by atoms with Crippen LogP contribution in [0.1, 0.15) is 51.9 Å². The summed E-state index contributed by atoms with van der Waals surface area (Å²) in [5.41, 5.74) is -0.426. The number of amides is 3. The molecule has 2 bridgehead atoms. The number of unbranched alkanes of at least 4 members (excludes halogenated alkanes) is 1. The highest BCUT2D eigenvalue weighted by Crippen LogP contribution is 2.55. The zero-order chi connectivity index (χ0) is 27.6. The summed E-state index contributed by atoms with van der Waals surface area (Å²) in [5, 5.41) is 6.28. The molecule has 4 aliphatic rings. The van der Waals surface area contributed by atoms with E-state index in [9.17, 15) is 14.4 Å². The highest BCUT2D eigenvalue weighted by Gasteiger charge is 2.72. The van der Waals surface area contributed by atoms with E-state index in [4.69, 9.17) is 4.74 Å². The molecule has 5 atom stereocenters. The van der Waals surface area contributed by atoms with Crippen molar-refractivity contribution in [1.82, 2.24) is 15.1 Å². The summed E-state index contributed by atoms with van der Waals surface area (Å²) in [7, 11) is 2.05. The van der Waals surface area contributed by atoms with Crippen molar-refractivity contribution in [1.29, 1.82) is 0 Å². The van der Waals surface area contributed by atoms with E-state index in [1.54, 1.807) is 16.7 Å². The molecule has 212 valence electrons. The molecule has 1 saturated carbocycles. The van der Waals surface area contributed by atoms with Gasteiger partial charge in [0, 0.05) is 29.7 Å². The number of thioether (sulfide) groups is 1. The average Bonchev–Trinajstić information content (AvgIpc) is 3.58. The third kappa shape index (κ3) is 5.50. The van der Waals surface area contributed by atoms with Crippen molar-refractivity contribution in [2.24, 2.45) is 11.8 Å². The molecule has 1 aliphatic carbocycles. The van der Waals surface area contributed by atoms with E-state index in [1.807, 2.05) is 49.7 Å². The van der Waals surface area contributed by atoms with Gasteiger partial charge in [0.05, 0.1) is 17.9 Å². The second kappa shape index (κ2) is 12.0. The van der Waals surface area contributed by atoms with Gasteiger partial charge in [0.2, 0.25) is 17.7 Å². The van der Waals surface area contributed by atoms with Crippen LogP contribution in [0.4, 0.5) is 5.69 Å². The molecule has 3 fully saturated rings. The number of benzene rings is 1. The first-order chi connectivity index (χ1) is 18.9. The predicted molar refractivity (Wildman–Crippen MR) is 153 cm³/mol. The summed E-state index contributed by atoms with van der Waals surface area (Å²) in [6, 6.07) is 7.02. The van der Waals surface area contributed by atoms with Gasteiger partial charge in [-0.05, 0) is 57.3 Å². The minimum Gasteiger partial charge on any atom is -0.359 e. The molecule has 1 aromatic rings. The lowest BCUT2D eigenvalue weighted by molar-refractivity contribution is -0.141. The molecule has 3 heterocycles. The van der Waals surface area contributed by atoms with Gasteiger partial charge in [-0.3, -0.25) is 14.4 Å². The molecule has 5 rings (SSSR count). The van der Waals surface area contributed by atoms with Gasteiger partial charge in [-0.25, -0.2) is 0 Å². The monoisotopic (exact) mass is 554 g/mol. The minimum absolute atomic E-state index is 0.122. The molecule has 1 aromatic carbocycles. The molecule has 8 nitrogen and oxygen atoms in total. The lowest BCUT2D eigenvalue weighted by Crippen LogP contribution is -2.57. The van der Waals surface area contributed by atoms with Crippen molar-refractivity contribution in [2.45, 2.75) is 80.6 Å². The SMILES string of the molecule is CCCCN(C)CCN1C(=O)[C@@H]2[C@@H](C(=O)Nc3cccc(SC)c3)[C@@H]3C=C[C@@]2(O3)[C@@H]1C(=O)NC1CCCCC1. The minimum atomic E-state index is -1.12. The van der Waals surface area contributed by atoms with Crippen molar-refractivity contribution in [3.05, 3.63) is 36.4 Å². The van der Waals surface area contributed by atoms with Gasteiger partial charge >= 0.3 is 0 Å². The number of fused-ring (bicyclic) bond motifs is 1. The van der Waals surface area contributed by atoms with Crippen LogP contribution in [0.25, 0.3) is 0 Å². The maximum absolute atomic E-state index is 14.1. The second-order valence-corrected chi connectivity index (χ2v) is 12.3. The van der Waals surface area contributed by atoms with E-state index in [0.717, 1.165) is 50.0 Å². The number of anilines is 1. The molecular weight excluding hydrogens is 512 g/mol. The molecule has 3 aliphatic heterocycles. The second-order valence-electron chi connectivity index (χ2n) is 11.5. The Balaban J connectivity index is 1.40. The Bertz CT molecular complexity index is 1110. The van der Waals surface area contributed by atoms with Crippen LogP contribution in [0.2, 0.25) is 0 Å². The normalized spacial score (nSPS) is 29.7. The van der Waals surface area contributed by atoms with E-state index < -0.39 is 29.6 Å². The van der Waals surface area contributed by atoms with Gasteiger partial charge in [-0.1, -0.05) is 50.8 Å². The lowest BCUT2D eigenvalue weighted by atomic mass is 9.74. The maximum Gasteiger partial charge on any atom is 0.246 e. The molecule has 9 heteroatoms. The van der Waals surface area contributed by atoms with Gasteiger partial charge in [0.15, 0.2) is 0 Å². The number of hydrogen-bond donors (Lipinski definition) is 2. The number of hydrogen-bond acceptors (Lipinski definition) is 6. The molecule has 0 unspecified atom stereocenters. The summed E-state index contributed by atoms with van der Waals surface area (Å²) < 4.78 is 6.48. The Labute approximate surface area is 236 Å². The smallest absolute Gasteiger partial charge is 0.246 e. The van der Waals surface area contributed by atoms with Crippen molar-refractivity contribution < 1.29 is 19.1 Å². The van der Waals surface area contributed by atoms with Crippen LogP contribution in [0, 0.1) is 11.8 Å². The first kappa shape index (κ1) is 28.2. The molecular formula is C30H42N4O4S. The van der Waals surface area contributed by atoms with Crippen molar-refractivity contribution in [3.8, 4) is 0 Å². The van der Waals surface area contributed by atoms with Gasteiger partial charge < -0.3 is 25.2 Å². The number of rotatable bonds is 11. The average molecular weight is 555 g/mol. The van der Waals surface area contributed by atoms with Crippen LogP contribution in [-0.2, 0) is 19.1 Å². The summed E-state index contributed by atoms with van der Waals surface area (Å²) in [4.78, 5) is 46.6. The third-order valence-electron chi connectivity index (χ3n) is 8.83. The Kier molecular flexibility index (Phi) is 8.69. The van der Waals surface area contributed by atoms with Gasteiger partial charge in [0.25, 0.3) is 0 Å². The quantitative estimate of drug-likeness (QED) is 0.320. The Morgan fingerprint density at radius 2 is 1.97 bits per heavy atom. The van der Waals surface area contributed by atoms with Crippen LogP contribution < -0.4 is 10.6 Å². The summed E-state index contributed by atoms with van der Waals surface area (Å²) >= 11 is 1.60. The topological polar surface area (TPSA) is 91.0 Å². The van der Waals surface area contributed by atoms with Crippen molar-refractivity contribution >= 4 is 35.2 Å². The highest BCUT2D eigenvalue weighted by atomic mass is 32.2. The summed E-state index contributed by atoms with van der Waals surface area (Å²) in [6.45, 7) is 4.18. The first-order valence-corrected chi connectivity index (χ1v) is 15.7. The number of ether oxygens (including phenoxy) is 1. The van der Waals surface area contributed by atoms with Crippen molar-refractivity contribution in [2.75, 3.05) is 38.3 Å². The fourth-order valence-electron chi connectivity index (χ4n) is 6.78. The van der Waals surface area contributed by atoms with E-state index in [-0.39, 0.29) is 23.8 Å². The van der Waals surface area contributed by atoms with Crippen LogP contribution in [-0.4, -0.2) is 84.2 Å². The van der Waals surface area contributed by atoms with E-state index in [1.165, 1.54) is 6.42 Å². The first-order valence-electron chi connectivity index (χ1n) is 14.5. The molecule has 39 heavy (non-hydrogen) atoms. The standard InChI is InChI=1S/C30H42N4O4S/c1-4-5-16-33(2)17-18-34-26(28(36)31-20-10-7-6-8-11-20)30-15-14-23(38-30)24(25(30)29(34)37)27(35)32-21-12-9-13-22(19-21)39-3/h9,12-15,19-20,23-26H,4-8,10-11,16-18H2,1-3H3,(H,31,36)(H,32,35)/t23-,24-,25-,26-,30-/m0/s1. The number of nitrogens with one attached hydrogen (secondary N) is 2. The van der Waals surface area contributed by atoms with Gasteiger partial charge in [-0.2, -0.15) is 0 Å². The van der Waals surface area contributed by atoms with Crippen LogP contribution >= 0.6 is 11.8 Å². The van der Waals surface area contributed by atoms with Crippen LogP contribution in [0.3, 0.4) is 0 Å². The zero-order valence-corrected chi connectivity index (χ0v) is 24.2. The van der Waals surface area contributed by atoms with E-state index >= 15 is 0 Å². The summed E-state index contributed by atoms with van der Waals surface area (Å²) in [6.07, 6.45) is 12.7. The lowest BCUT2D eigenvalue weighted by Gasteiger charge is -2.34. The number of nitrogens with zero attached hydrogens (tertiary/aromatic N) is 2. The zero-order valence-electron chi connectivity index (χ0n) is 23.4. The largest absolute Gasteiger partial charge is 0.359 e. The maximum atomic E-state index is 14.1. The predicted octanol–water partition coefficient (Wildman–Crippen LogP) is 3.68.